The van der Waals surface area contributed by atoms with E-state index in [-0.39, 0.29) is 0 Å². The van der Waals surface area contributed by atoms with Crippen LogP contribution in [0.25, 0.3) is 0 Å². The molecule has 0 N–H and O–H groups in total. The molecule has 0 aliphatic carbocycles. The second-order valence-corrected chi connectivity index (χ2v) is 4.91. The van der Waals surface area contributed by atoms with Gasteiger partial charge in [-0.3, -0.25) is 4.89 Å². The predicted molar refractivity (Wildman–Crippen MR) is 66.9 cm³/mol. The predicted octanol–water partition coefficient (Wildman–Crippen LogP) is 4.01. The van der Waals surface area contributed by atoms with Crippen molar-refractivity contribution in [2.24, 2.45) is 0 Å². The van der Waals surface area contributed by atoms with E-state index >= 15 is 0 Å². The molecular weight excluding hydrogens is 240 g/mol. The molecule has 0 unspecified atom stereocenters. The molecule has 0 radical (unpaired) electrons. The number of carbonyl (C=O) groups excluding carboxylic acids is 1. The molecular formula is C13H17ClO3. The Kier molecular flexibility index (Phi) is 4.97. The standard InChI is InChI=1S/C13H17ClO3/c1-4-8-13(2,3)17-16-12(15)10-6-5-7-11(14)9-10/h5-7,9H,4,8H2,1-3H3. The summed E-state index contributed by atoms with van der Waals surface area (Å²) in [7, 11) is 0. The SMILES string of the molecule is CCCC(C)(C)OOC(=O)c1cccc(Cl)c1. The minimum Gasteiger partial charge on any atom is -0.292 e. The summed E-state index contributed by atoms with van der Waals surface area (Å²) in [6.07, 6.45) is 1.78. The number of hydrogen-bond donors (Lipinski definition) is 0. The Labute approximate surface area is 107 Å². The van der Waals surface area contributed by atoms with Crippen LogP contribution in [-0.2, 0) is 9.78 Å². The summed E-state index contributed by atoms with van der Waals surface area (Å²) in [5.74, 6) is -0.531. The van der Waals surface area contributed by atoms with Crippen LogP contribution < -0.4 is 0 Å². The van der Waals surface area contributed by atoms with E-state index in [2.05, 4.69) is 0 Å². The van der Waals surface area contributed by atoms with Gasteiger partial charge in [0.05, 0.1) is 5.56 Å². The zero-order valence-electron chi connectivity index (χ0n) is 10.3. The highest BCUT2D eigenvalue weighted by atomic mass is 35.5. The van der Waals surface area contributed by atoms with E-state index in [1.54, 1.807) is 24.3 Å². The van der Waals surface area contributed by atoms with E-state index in [0.717, 1.165) is 12.8 Å². The first-order chi connectivity index (χ1) is 7.94. The van der Waals surface area contributed by atoms with Gasteiger partial charge in [-0.1, -0.05) is 31.0 Å². The summed E-state index contributed by atoms with van der Waals surface area (Å²) in [5.41, 5.74) is -0.0898. The maximum Gasteiger partial charge on any atom is 0.373 e. The summed E-state index contributed by atoms with van der Waals surface area (Å²) in [5, 5.41) is 0.493. The fourth-order valence-corrected chi connectivity index (χ4v) is 1.65. The molecule has 1 rings (SSSR count). The number of benzene rings is 1. The number of rotatable bonds is 5. The Hall–Kier alpha value is -1.06. The highest BCUT2D eigenvalue weighted by molar-refractivity contribution is 6.30. The van der Waals surface area contributed by atoms with Crippen LogP contribution in [0.2, 0.25) is 5.02 Å². The van der Waals surface area contributed by atoms with E-state index in [1.807, 2.05) is 20.8 Å². The molecule has 0 aromatic heterocycles. The van der Waals surface area contributed by atoms with Crippen molar-refractivity contribution in [3.05, 3.63) is 34.9 Å². The summed E-state index contributed by atoms with van der Waals surface area (Å²) in [6, 6.07) is 6.56. The summed E-state index contributed by atoms with van der Waals surface area (Å²) >= 11 is 5.78. The first-order valence-electron chi connectivity index (χ1n) is 5.60. The molecule has 0 saturated heterocycles. The first-order valence-corrected chi connectivity index (χ1v) is 5.98. The van der Waals surface area contributed by atoms with Gasteiger partial charge in [0.1, 0.15) is 5.60 Å². The smallest absolute Gasteiger partial charge is 0.292 e. The number of halogens is 1. The first kappa shape index (κ1) is 14.0. The summed E-state index contributed by atoms with van der Waals surface area (Å²) < 4.78 is 0. The van der Waals surface area contributed by atoms with Crippen LogP contribution in [0.4, 0.5) is 0 Å². The third-order valence-corrected chi connectivity index (χ3v) is 2.49. The molecule has 3 nitrogen and oxygen atoms in total. The lowest BCUT2D eigenvalue weighted by atomic mass is 10.0. The van der Waals surface area contributed by atoms with Crippen LogP contribution in [-0.4, -0.2) is 11.6 Å². The fourth-order valence-electron chi connectivity index (χ4n) is 1.46. The molecule has 0 fully saturated rings. The third kappa shape index (κ3) is 4.75. The Morgan fingerprint density at radius 1 is 1.41 bits per heavy atom. The monoisotopic (exact) mass is 256 g/mol. The van der Waals surface area contributed by atoms with Crippen molar-refractivity contribution in [1.82, 2.24) is 0 Å². The Balaban J connectivity index is 2.56. The molecule has 0 amide bonds. The van der Waals surface area contributed by atoms with Crippen LogP contribution in [0.5, 0.6) is 0 Å². The lowest BCUT2D eigenvalue weighted by Crippen LogP contribution is -2.26. The Morgan fingerprint density at radius 3 is 2.71 bits per heavy atom. The van der Waals surface area contributed by atoms with E-state index in [4.69, 9.17) is 21.4 Å². The second-order valence-electron chi connectivity index (χ2n) is 4.47. The van der Waals surface area contributed by atoms with Crippen LogP contribution in [0.1, 0.15) is 44.0 Å². The van der Waals surface area contributed by atoms with Crippen LogP contribution in [0, 0.1) is 0 Å². The molecule has 0 aliphatic rings. The fraction of sp³-hybridized carbons (Fsp3) is 0.462. The van der Waals surface area contributed by atoms with E-state index in [0.29, 0.717) is 10.6 Å². The van der Waals surface area contributed by atoms with Crippen molar-refractivity contribution in [3.63, 3.8) is 0 Å². The zero-order valence-corrected chi connectivity index (χ0v) is 11.1. The zero-order chi connectivity index (χ0) is 12.9. The molecule has 1 aromatic carbocycles. The highest BCUT2D eigenvalue weighted by Gasteiger charge is 2.21. The maximum absolute atomic E-state index is 11.6. The van der Waals surface area contributed by atoms with Gasteiger partial charge in [0.15, 0.2) is 0 Å². The van der Waals surface area contributed by atoms with E-state index in [9.17, 15) is 4.79 Å². The number of carbonyl (C=O) groups is 1. The summed E-state index contributed by atoms with van der Waals surface area (Å²) in [4.78, 5) is 21.6. The van der Waals surface area contributed by atoms with Crippen molar-refractivity contribution in [1.29, 1.82) is 0 Å². The molecule has 4 heteroatoms. The van der Waals surface area contributed by atoms with Gasteiger partial charge < -0.3 is 0 Å². The number of hydrogen-bond acceptors (Lipinski definition) is 3. The van der Waals surface area contributed by atoms with Gasteiger partial charge in [-0.25, -0.2) is 4.79 Å². The molecule has 17 heavy (non-hydrogen) atoms. The molecule has 94 valence electrons. The molecule has 0 spiro atoms. The van der Waals surface area contributed by atoms with Crippen molar-refractivity contribution < 1.29 is 14.6 Å². The molecule has 0 bridgehead atoms. The van der Waals surface area contributed by atoms with Crippen molar-refractivity contribution >= 4 is 17.6 Å². The third-order valence-electron chi connectivity index (χ3n) is 2.26. The van der Waals surface area contributed by atoms with E-state index in [1.165, 1.54) is 0 Å². The normalized spacial score (nSPS) is 11.3. The second kappa shape index (κ2) is 6.03. The van der Waals surface area contributed by atoms with Crippen molar-refractivity contribution in [2.45, 2.75) is 39.2 Å². The van der Waals surface area contributed by atoms with Gasteiger partial charge in [0.2, 0.25) is 0 Å². The van der Waals surface area contributed by atoms with Gasteiger partial charge >= 0.3 is 5.97 Å². The van der Waals surface area contributed by atoms with Gasteiger partial charge in [0.25, 0.3) is 0 Å². The lowest BCUT2D eigenvalue weighted by molar-refractivity contribution is -0.308. The highest BCUT2D eigenvalue weighted by Crippen LogP contribution is 2.18. The molecule has 0 heterocycles. The quantitative estimate of drug-likeness (QED) is 0.590. The molecule has 0 saturated carbocycles. The molecule has 0 aliphatic heterocycles. The Morgan fingerprint density at radius 2 is 2.12 bits per heavy atom. The lowest BCUT2D eigenvalue weighted by Gasteiger charge is -2.21. The van der Waals surface area contributed by atoms with Crippen LogP contribution in [0.15, 0.2) is 24.3 Å². The van der Waals surface area contributed by atoms with Gasteiger partial charge in [-0.05, 0) is 38.5 Å². The maximum atomic E-state index is 11.6. The minimum absolute atomic E-state index is 0.379. The Bertz CT molecular complexity index is 388. The summed E-state index contributed by atoms with van der Waals surface area (Å²) in [6.45, 7) is 5.80. The van der Waals surface area contributed by atoms with Gasteiger partial charge in [-0.2, -0.15) is 4.89 Å². The van der Waals surface area contributed by atoms with Crippen LogP contribution in [0.3, 0.4) is 0 Å². The molecule has 1 aromatic rings. The van der Waals surface area contributed by atoms with Gasteiger partial charge in [-0.15, -0.1) is 0 Å². The topological polar surface area (TPSA) is 35.5 Å². The van der Waals surface area contributed by atoms with Crippen molar-refractivity contribution in [3.8, 4) is 0 Å². The average molecular weight is 257 g/mol. The van der Waals surface area contributed by atoms with Crippen LogP contribution >= 0.6 is 11.6 Å². The van der Waals surface area contributed by atoms with Crippen molar-refractivity contribution in [2.75, 3.05) is 0 Å². The van der Waals surface area contributed by atoms with Gasteiger partial charge in [0, 0.05) is 5.02 Å². The minimum atomic E-state index is -0.531. The van der Waals surface area contributed by atoms with E-state index < -0.39 is 11.6 Å². The average Bonchev–Trinajstić information content (AvgIpc) is 2.26. The largest absolute Gasteiger partial charge is 0.373 e. The molecule has 0 atom stereocenters.